The Morgan fingerprint density at radius 2 is 2.08 bits per heavy atom. The number of benzene rings is 1. The quantitative estimate of drug-likeness (QED) is 0.719. The number of aromatic nitrogens is 1. The van der Waals surface area contributed by atoms with E-state index in [1.165, 1.54) is 11.3 Å². The molecule has 6 nitrogen and oxygen atoms in total. The van der Waals surface area contributed by atoms with E-state index in [4.69, 9.17) is 4.42 Å². The molecule has 124 valence electrons. The molecule has 24 heavy (non-hydrogen) atoms. The van der Waals surface area contributed by atoms with Crippen molar-refractivity contribution >= 4 is 39.0 Å². The first-order valence-corrected chi connectivity index (χ1v) is 8.54. The van der Waals surface area contributed by atoms with Crippen molar-refractivity contribution in [2.24, 2.45) is 0 Å². The molecular weight excluding hydrogens is 326 g/mol. The number of thiazole rings is 1. The minimum Gasteiger partial charge on any atom is -0.422 e. The lowest BCUT2D eigenvalue weighted by Gasteiger charge is -2.20. The lowest BCUT2D eigenvalue weighted by atomic mass is 10.1. The Morgan fingerprint density at radius 3 is 2.75 bits per heavy atom. The zero-order chi connectivity index (χ0) is 17.1. The maximum Gasteiger partial charge on any atom is 0.349 e. The molecule has 2 heterocycles. The highest BCUT2D eigenvalue weighted by molar-refractivity contribution is 7.13. The Kier molecular flexibility index (Phi) is 4.61. The van der Waals surface area contributed by atoms with Gasteiger partial charge in [-0.05, 0) is 32.0 Å². The summed E-state index contributed by atoms with van der Waals surface area (Å²) in [4.78, 5) is 30.5. The summed E-state index contributed by atoms with van der Waals surface area (Å²) in [6.45, 7) is 5.85. The molecule has 0 aliphatic rings. The van der Waals surface area contributed by atoms with Crippen molar-refractivity contribution in [2.45, 2.75) is 13.8 Å². The highest BCUT2D eigenvalue weighted by Crippen LogP contribution is 2.22. The Balaban J connectivity index is 1.97. The maximum absolute atomic E-state index is 12.2. The van der Waals surface area contributed by atoms with Crippen LogP contribution in [0.5, 0.6) is 0 Å². The number of hydrogen-bond acceptors (Lipinski definition) is 6. The van der Waals surface area contributed by atoms with Gasteiger partial charge in [0.25, 0.3) is 5.91 Å². The summed E-state index contributed by atoms with van der Waals surface area (Å²) in [5.74, 6) is -0.520. The minimum atomic E-state index is -0.659. The van der Waals surface area contributed by atoms with Crippen molar-refractivity contribution in [3.8, 4) is 0 Å². The lowest BCUT2D eigenvalue weighted by molar-refractivity contribution is 0.102. The fraction of sp³-hybridized carbons (Fsp3) is 0.235. The minimum absolute atomic E-state index is 0.0340. The first kappa shape index (κ1) is 16.2. The van der Waals surface area contributed by atoms with Crippen LogP contribution in [0.4, 0.5) is 10.8 Å². The highest BCUT2D eigenvalue weighted by atomic mass is 32.1. The number of hydrogen-bond donors (Lipinski definition) is 1. The number of nitrogens with one attached hydrogen (secondary N) is 1. The summed E-state index contributed by atoms with van der Waals surface area (Å²) in [5.41, 5.74) is 0.757. The summed E-state index contributed by atoms with van der Waals surface area (Å²) in [6.07, 6.45) is 1.58. The van der Waals surface area contributed by atoms with Gasteiger partial charge in [0, 0.05) is 41.8 Å². The zero-order valence-electron chi connectivity index (χ0n) is 13.4. The van der Waals surface area contributed by atoms with Gasteiger partial charge in [0.15, 0.2) is 5.13 Å². The fourth-order valence-electron chi connectivity index (χ4n) is 2.49. The monoisotopic (exact) mass is 343 g/mol. The third-order valence-electron chi connectivity index (χ3n) is 3.75. The van der Waals surface area contributed by atoms with Crippen LogP contribution in [0.2, 0.25) is 0 Å². The third-order valence-corrected chi connectivity index (χ3v) is 4.43. The second-order valence-corrected chi connectivity index (χ2v) is 6.03. The van der Waals surface area contributed by atoms with E-state index < -0.39 is 11.5 Å². The number of carbonyl (C=O) groups excluding carboxylic acids is 1. The molecule has 0 fully saturated rings. The van der Waals surface area contributed by atoms with Gasteiger partial charge >= 0.3 is 5.63 Å². The van der Waals surface area contributed by atoms with Crippen LogP contribution in [0.15, 0.2) is 45.1 Å². The zero-order valence-corrected chi connectivity index (χ0v) is 14.2. The van der Waals surface area contributed by atoms with Crippen LogP contribution in [-0.4, -0.2) is 24.0 Å². The van der Waals surface area contributed by atoms with Crippen molar-refractivity contribution in [2.75, 3.05) is 23.3 Å². The SMILES string of the molecule is CCN(CC)c1ccc2cc(C(=O)Nc3nccs3)c(=O)oc2c1. The van der Waals surface area contributed by atoms with Crippen molar-refractivity contribution in [3.05, 3.63) is 51.8 Å². The Labute approximate surface area is 142 Å². The molecule has 0 spiro atoms. The Bertz CT molecular complexity index is 914. The predicted octanol–water partition coefficient (Wildman–Crippen LogP) is 3.35. The number of amides is 1. The van der Waals surface area contributed by atoms with E-state index >= 15 is 0 Å². The average Bonchev–Trinajstić information content (AvgIpc) is 3.08. The van der Waals surface area contributed by atoms with Gasteiger partial charge in [0.2, 0.25) is 0 Å². The Morgan fingerprint density at radius 1 is 1.29 bits per heavy atom. The summed E-state index contributed by atoms with van der Waals surface area (Å²) < 4.78 is 5.35. The molecule has 3 rings (SSSR count). The molecule has 7 heteroatoms. The van der Waals surface area contributed by atoms with Crippen LogP contribution in [-0.2, 0) is 0 Å². The molecule has 0 bridgehead atoms. The second kappa shape index (κ2) is 6.84. The van der Waals surface area contributed by atoms with Crippen LogP contribution >= 0.6 is 11.3 Å². The predicted molar refractivity (Wildman–Crippen MR) is 96.1 cm³/mol. The molecule has 0 saturated carbocycles. The summed E-state index contributed by atoms with van der Waals surface area (Å²) in [5, 5.41) is 5.48. The standard InChI is InChI=1S/C17H17N3O3S/c1-3-20(4-2)12-6-5-11-9-13(16(22)23-14(11)10-12)15(21)19-17-18-7-8-24-17/h5-10H,3-4H2,1-2H3,(H,18,19,21). The number of nitrogens with zero attached hydrogens (tertiary/aromatic N) is 2. The third kappa shape index (κ3) is 3.16. The Hall–Kier alpha value is -2.67. The van der Waals surface area contributed by atoms with Gasteiger partial charge in [-0.1, -0.05) is 0 Å². The van der Waals surface area contributed by atoms with Crippen LogP contribution in [0.3, 0.4) is 0 Å². The van der Waals surface area contributed by atoms with E-state index in [-0.39, 0.29) is 5.56 Å². The second-order valence-electron chi connectivity index (χ2n) is 5.13. The molecular formula is C17H17N3O3S. The number of fused-ring (bicyclic) bond motifs is 1. The number of carbonyl (C=O) groups is 1. The van der Waals surface area contributed by atoms with Crippen molar-refractivity contribution in [1.82, 2.24) is 4.98 Å². The molecule has 3 aromatic rings. The molecule has 0 aliphatic carbocycles. The molecule has 0 unspecified atom stereocenters. The maximum atomic E-state index is 12.2. The molecule has 2 aromatic heterocycles. The molecule has 0 saturated heterocycles. The van der Waals surface area contributed by atoms with E-state index in [0.29, 0.717) is 16.1 Å². The van der Waals surface area contributed by atoms with Crippen LogP contribution in [0, 0.1) is 0 Å². The first-order chi connectivity index (χ1) is 11.6. The van der Waals surface area contributed by atoms with E-state index in [0.717, 1.165) is 18.8 Å². The molecule has 0 atom stereocenters. The molecule has 0 aliphatic heterocycles. The van der Waals surface area contributed by atoms with Crippen LogP contribution in [0.1, 0.15) is 24.2 Å². The number of anilines is 2. The summed E-state index contributed by atoms with van der Waals surface area (Å²) >= 11 is 1.28. The van der Waals surface area contributed by atoms with Gasteiger partial charge in [-0.3, -0.25) is 10.1 Å². The summed E-state index contributed by atoms with van der Waals surface area (Å²) in [7, 11) is 0. The van der Waals surface area contributed by atoms with E-state index in [1.807, 2.05) is 18.2 Å². The largest absolute Gasteiger partial charge is 0.422 e. The van der Waals surface area contributed by atoms with Gasteiger partial charge in [0.05, 0.1) is 0 Å². The van der Waals surface area contributed by atoms with Crippen LogP contribution in [0.25, 0.3) is 11.0 Å². The normalized spacial score (nSPS) is 10.8. The van der Waals surface area contributed by atoms with Crippen molar-refractivity contribution in [3.63, 3.8) is 0 Å². The fourth-order valence-corrected chi connectivity index (χ4v) is 3.02. The van der Waals surface area contributed by atoms with Crippen molar-refractivity contribution < 1.29 is 9.21 Å². The highest BCUT2D eigenvalue weighted by Gasteiger charge is 2.15. The summed E-state index contributed by atoms with van der Waals surface area (Å²) in [6, 6.07) is 7.19. The average molecular weight is 343 g/mol. The van der Waals surface area contributed by atoms with E-state index in [9.17, 15) is 9.59 Å². The van der Waals surface area contributed by atoms with Gasteiger partial charge in [0.1, 0.15) is 11.1 Å². The number of rotatable bonds is 5. The smallest absolute Gasteiger partial charge is 0.349 e. The topological polar surface area (TPSA) is 75.4 Å². The van der Waals surface area contributed by atoms with E-state index in [1.54, 1.807) is 17.6 Å². The van der Waals surface area contributed by atoms with Gasteiger partial charge < -0.3 is 9.32 Å². The molecule has 1 N–H and O–H groups in total. The first-order valence-electron chi connectivity index (χ1n) is 7.66. The van der Waals surface area contributed by atoms with Crippen LogP contribution < -0.4 is 15.8 Å². The molecule has 1 aromatic carbocycles. The van der Waals surface area contributed by atoms with Gasteiger partial charge in [-0.15, -0.1) is 11.3 Å². The molecule has 1 amide bonds. The van der Waals surface area contributed by atoms with Gasteiger partial charge in [-0.2, -0.15) is 0 Å². The lowest BCUT2D eigenvalue weighted by Crippen LogP contribution is -2.22. The van der Waals surface area contributed by atoms with Crippen molar-refractivity contribution in [1.29, 1.82) is 0 Å². The molecule has 0 radical (unpaired) electrons. The van der Waals surface area contributed by atoms with E-state index in [2.05, 4.69) is 29.0 Å². The van der Waals surface area contributed by atoms with Gasteiger partial charge in [-0.25, -0.2) is 9.78 Å².